The molecule has 0 unspecified atom stereocenters. The Morgan fingerprint density at radius 2 is 1.95 bits per heavy atom. The summed E-state index contributed by atoms with van der Waals surface area (Å²) >= 11 is 0. The van der Waals surface area contributed by atoms with Gasteiger partial charge >= 0.3 is 0 Å². The molecule has 1 aromatic carbocycles. The van der Waals surface area contributed by atoms with Gasteiger partial charge in [-0.25, -0.2) is 0 Å². The lowest BCUT2D eigenvalue weighted by atomic mass is 10.0. The highest BCUT2D eigenvalue weighted by molar-refractivity contribution is 6.03. The molecule has 1 saturated heterocycles. The maximum absolute atomic E-state index is 13.1. The second-order valence-electron chi connectivity index (χ2n) is 10.2. The number of fused-ring (bicyclic) bond motifs is 2. The fraction of sp³-hybridized carbons (Fsp3) is 0.481. The molecular weight excluding hydrogens is 470 g/mol. The summed E-state index contributed by atoms with van der Waals surface area (Å²) in [5.41, 5.74) is 4.08. The number of piperidine rings is 1. The Kier molecular flexibility index (Phi) is 6.40. The Hall–Kier alpha value is -3.68. The van der Waals surface area contributed by atoms with Gasteiger partial charge in [-0.1, -0.05) is 0 Å². The lowest BCUT2D eigenvalue weighted by Crippen LogP contribution is -2.50. The molecule has 6 rings (SSSR count). The number of hydrogen-bond donors (Lipinski definition) is 2. The topological polar surface area (TPSA) is 114 Å². The average Bonchev–Trinajstić information content (AvgIpc) is 3.76. The number of anilines is 3. The van der Waals surface area contributed by atoms with Gasteiger partial charge in [-0.05, 0) is 63.0 Å². The first-order valence-corrected chi connectivity index (χ1v) is 13.1. The molecule has 2 N–H and O–H groups in total. The highest BCUT2D eigenvalue weighted by Crippen LogP contribution is 2.40. The van der Waals surface area contributed by atoms with Crippen molar-refractivity contribution < 1.29 is 14.3 Å². The van der Waals surface area contributed by atoms with Crippen LogP contribution in [0.4, 0.5) is 17.1 Å². The van der Waals surface area contributed by atoms with Crippen LogP contribution in [-0.4, -0.2) is 73.1 Å². The van der Waals surface area contributed by atoms with Crippen LogP contribution >= 0.6 is 0 Å². The van der Waals surface area contributed by atoms with E-state index in [0.717, 1.165) is 62.4 Å². The third kappa shape index (κ3) is 5.10. The average molecular weight is 502 g/mol. The van der Waals surface area contributed by atoms with Gasteiger partial charge in [0.25, 0.3) is 5.91 Å². The number of aromatic nitrogens is 1. The number of likely N-dealkylation sites (tertiary alicyclic amines) is 1. The van der Waals surface area contributed by atoms with E-state index in [-0.39, 0.29) is 18.4 Å². The Morgan fingerprint density at radius 1 is 1.11 bits per heavy atom. The molecule has 1 aromatic heterocycles. The number of hydrogen-bond acceptors (Lipinski definition) is 8. The largest absolute Gasteiger partial charge is 0.480 e. The smallest absolute Gasteiger partial charge is 0.262 e. The van der Waals surface area contributed by atoms with Crippen molar-refractivity contribution in [1.82, 2.24) is 15.2 Å². The molecule has 37 heavy (non-hydrogen) atoms. The van der Waals surface area contributed by atoms with Gasteiger partial charge in [-0.3, -0.25) is 14.6 Å². The van der Waals surface area contributed by atoms with Crippen LogP contribution in [0.25, 0.3) is 0 Å². The summed E-state index contributed by atoms with van der Waals surface area (Å²) in [6, 6.07) is 10.6. The van der Waals surface area contributed by atoms with E-state index in [1.807, 2.05) is 29.2 Å². The second-order valence-corrected chi connectivity index (χ2v) is 10.2. The molecule has 4 aliphatic rings. The van der Waals surface area contributed by atoms with Crippen LogP contribution in [0.5, 0.6) is 5.75 Å². The summed E-state index contributed by atoms with van der Waals surface area (Å²) in [5.74, 6) is 0.575. The number of benzene rings is 1. The van der Waals surface area contributed by atoms with E-state index in [0.29, 0.717) is 48.7 Å². The number of carbonyl (C=O) groups excluding carboxylic acids is 2. The van der Waals surface area contributed by atoms with Gasteiger partial charge in [-0.15, -0.1) is 0 Å². The fourth-order valence-corrected chi connectivity index (χ4v) is 5.44. The summed E-state index contributed by atoms with van der Waals surface area (Å²) in [6.07, 6.45) is 5.96. The molecule has 3 aliphatic heterocycles. The maximum Gasteiger partial charge on any atom is 0.262 e. The number of amides is 2. The maximum atomic E-state index is 13.1. The zero-order chi connectivity index (χ0) is 25.4. The van der Waals surface area contributed by atoms with Crippen molar-refractivity contribution in [3.8, 4) is 11.8 Å². The number of carbonyl (C=O) groups is 2. The lowest BCUT2D eigenvalue weighted by molar-refractivity contribution is -0.119. The van der Waals surface area contributed by atoms with Gasteiger partial charge in [0.1, 0.15) is 0 Å². The van der Waals surface area contributed by atoms with Crippen molar-refractivity contribution in [1.29, 1.82) is 5.26 Å². The van der Waals surface area contributed by atoms with E-state index in [9.17, 15) is 14.9 Å². The van der Waals surface area contributed by atoms with Crippen LogP contribution in [0.3, 0.4) is 0 Å². The van der Waals surface area contributed by atoms with Crippen LogP contribution in [0.2, 0.25) is 0 Å². The molecule has 0 spiro atoms. The van der Waals surface area contributed by atoms with Gasteiger partial charge in [0.15, 0.2) is 12.4 Å². The molecule has 2 aromatic rings. The number of nitrogens with one attached hydrogen (secondary N) is 2. The fourth-order valence-electron chi connectivity index (χ4n) is 5.44. The second kappa shape index (κ2) is 10.00. The third-order valence-corrected chi connectivity index (χ3v) is 7.66. The highest BCUT2D eigenvalue weighted by atomic mass is 16.5. The Morgan fingerprint density at radius 3 is 2.73 bits per heavy atom. The van der Waals surface area contributed by atoms with Crippen LogP contribution < -0.4 is 25.2 Å². The van der Waals surface area contributed by atoms with Gasteiger partial charge in [-0.2, -0.15) is 5.26 Å². The van der Waals surface area contributed by atoms with Gasteiger partial charge in [0.2, 0.25) is 5.91 Å². The molecule has 2 amide bonds. The number of rotatable bonds is 7. The van der Waals surface area contributed by atoms with Crippen LogP contribution in [-0.2, 0) is 16.1 Å². The lowest BCUT2D eigenvalue weighted by Gasteiger charge is -2.39. The summed E-state index contributed by atoms with van der Waals surface area (Å²) < 4.78 is 5.38. The van der Waals surface area contributed by atoms with E-state index in [2.05, 4.69) is 31.5 Å². The normalized spacial score (nSPS) is 20.1. The van der Waals surface area contributed by atoms with Crippen LogP contribution in [0, 0.1) is 11.3 Å². The molecule has 0 radical (unpaired) electrons. The number of ether oxygens (including phenoxy) is 1. The molecule has 1 saturated carbocycles. The summed E-state index contributed by atoms with van der Waals surface area (Å²) in [4.78, 5) is 35.6. The SMILES string of the molecule is N#Cc1ccc2c(c1)N(CCN1CCC(NCc3cc4c(cn3)OCC(=O)N4)CC1)C(=O)CN2C1CC1. The van der Waals surface area contributed by atoms with E-state index >= 15 is 0 Å². The molecule has 0 bridgehead atoms. The molecular formula is C27H31N7O3. The minimum Gasteiger partial charge on any atom is -0.480 e. The first-order valence-electron chi connectivity index (χ1n) is 13.1. The summed E-state index contributed by atoms with van der Waals surface area (Å²) in [5, 5.41) is 15.8. The van der Waals surface area contributed by atoms with Crippen molar-refractivity contribution >= 4 is 28.9 Å². The van der Waals surface area contributed by atoms with Crippen molar-refractivity contribution in [3.63, 3.8) is 0 Å². The monoisotopic (exact) mass is 501 g/mol. The molecule has 1 aliphatic carbocycles. The Bertz CT molecular complexity index is 1250. The first-order chi connectivity index (χ1) is 18.1. The van der Waals surface area contributed by atoms with Crippen molar-refractivity contribution in [2.45, 2.75) is 44.3 Å². The van der Waals surface area contributed by atoms with E-state index in [1.165, 1.54) is 0 Å². The minimum atomic E-state index is -0.148. The first kappa shape index (κ1) is 23.7. The van der Waals surface area contributed by atoms with Crippen molar-refractivity contribution in [2.75, 3.05) is 54.4 Å². The minimum absolute atomic E-state index is 0.0309. The molecule has 4 heterocycles. The predicted molar refractivity (Wildman–Crippen MR) is 139 cm³/mol. The van der Waals surface area contributed by atoms with E-state index in [1.54, 1.807) is 6.20 Å². The quantitative estimate of drug-likeness (QED) is 0.591. The van der Waals surface area contributed by atoms with Gasteiger partial charge in [0.05, 0.1) is 47.1 Å². The van der Waals surface area contributed by atoms with Crippen molar-refractivity contribution in [3.05, 3.63) is 41.7 Å². The third-order valence-electron chi connectivity index (χ3n) is 7.66. The van der Waals surface area contributed by atoms with Crippen LogP contribution in [0.1, 0.15) is 36.9 Å². The van der Waals surface area contributed by atoms with Gasteiger partial charge in [0, 0.05) is 31.7 Å². The zero-order valence-electron chi connectivity index (χ0n) is 20.8. The Labute approximate surface area is 216 Å². The van der Waals surface area contributed by atoms with E-state index < -0.39 is 0 Å². The van der Waals surface area contributed by atoms with Crippen LogP contribution in [0.15, 0.2) is 30.5 Å². The number of nitrogens with zero attached hydrogens (tertiary/aromatic N) is 5. The highest BCUT2D eigenvalue weighted by Gasteiger charge is 2.37. The zero-order valence-corrected chi connectivity index (χ0v) is 20.8. The Balaban J connectivity index is 1.01. The molecule has 2 fully saturated rings. The number of pyridine rings is 1. The summed E-state index contributed by atoms with van der Waals surface area (Å²) in [7, 11) is 0. The van der Waals surface area contributed by atoms with E-state index in [4.69, 9.17) is 4.74 Å². The standard InChI is InChI=1S/C27H31N7O3/c28-13-18-1-4-23-24(11-18)33(27(36)16-34(23)21-2-3-21)10-9-32-7-5-19(6-8-32)29-14-20-12-22-25(15-30-20)37-17-26(35)31-22/h1,4,11-12,15,19,21,29H,2-3,5-10,14,16-17H2,(H,31,35). The predicted octanol–water partition coefficient (Wildman–Crippen LogP) is 1.85. The molecule has 192 valence electrons. The molecule has 10 heteroatoms. The van der Waals surface area contributed by atoms with Crippen molar-refractivity contribution in [2.24, 2.45) is 0 Å². The summed E-state index contributed by atoms with van der Waals surface area (Å²) in [6.45, 7) is 4.44. The van der Waals surface area contributed by atoms with Gasteiger partial charge < -0.3 is 30.1 Å². The molecule has 0 atom stereocenters. The molecule has 10 nitrogen and oxygen atoms in total. The number of nitriles is 1.